The van der Waals surface area contributed by atoms with Crippen molar-refractivity contribution in [2.45, 2.75) is 6.54 Å². The molecule has 166 valence electrons. The number of rotatable bonds is 7. The number of amides is 1. The van der Waals surface area contributed by atoms with Gasteiger partial charge < -0.3 is 15.2 Å². The van der Waals surface area contributed by atoms with Crippen LogP contribution in [0.25, 0.3) is 0 Å². The Morgan fingerprint density at radius 1 is 1.25 bits per heavy atom. The van der Waals surface area contributed by atoms with Gasteiger partial charge in [0, 0.05) is 0 Å². The fourth-order valence-corrected chi connectivity index (χ4v) is 2.58. The topological polar surface area (TPSA) is 147 Å². The highest BCUT2D eigenvalue weighted by atomic mass is 35.5. The molecule has 11 nitrogen and oxygen atoms in total. The van der Waals surface area contributed by atoms with Crippen LogP contribution in [0.1, 0.15) is 15.9 Å². The largest absolute Gasteiger partial charge is 0.493 e. The van der Waals surface area contributed by atoms with E-state index >= 15 is 0 Å². The Labute approximate surface area is 183 Å². The number of tetrazole rings is 1. The number of hydrogen-bond donors (Lipinski definition) is 2. The number of halogens is 3. The zero-order valence-electron chi connectivity index (χ0n) is 16.3. The van der Waals surface area contributed by atoms with Crippen LogP contribution in [0.2, 0.25) is 5.02 Å². The summed E-state index contributed by atoms with van der Waals surface area (Å²) >= 11 is 5.79. The van der Waals surface area contributed by atoms with E-state index in [0.717, 1.165) is 4.68 Å². The van der Waals surface area contributed by atoms with Crippen molar-refractivity contribution >= 4 is 35.6 Å². The molecule has 32 heavy (non-hydrogen) atoms. The molecule has 3 rings (SSSR count). The van der Waals surface area contributed by atoms with Crippen molar-refractivity contribution in [1.82, 2.24) is 25.6 Å². The lowest BCUT2D eigenvalue weighted by molar-refractivity contribution is -0.121. The molecular weight excluding hydrogens is 452 g/mol. The van der Waals surface area contributed by atoms with Crippen LogP contribution >= 0.6 is 11.6 Å². The zero-order valence-corrected chi connectivity index (χ0v) is 17.0. The molecule has 1 aromatic heterocycles. The normalized spacial score (nSPS) is 10.9. The predicted molar refractivity (Wildman–Crippen MR) is 107 cm³/mol. The van der Waals surface area contributed by atoms with E-state index in [-0.39, 0.29) is 34.6 Å². The number of nitrogens with zero attached hydrogens (tertiary/aromatic N) is 5. The molecule has 0 unspecified atom stereocenters. The summed E-state index contributed by atoms with van der Waals surface area (Å²) in [4.78, 5) is 24.1. The molecule has 0 atom stereocenters. The van der Waals surface area contributed by atoms with Gasteiger partial charge in [0.25, 0.3) is 5.91 Å². The van der Waals surface area contributed by atoms with Gasteiger partial charge in [-0.2, -0.15) is 5.10 Å². The number of benzene rings is 2. The fourth-order valence-electron chi connectivity index (χ4n) is 2.36. The SMILES string of the molecule is COc1cc(/C=N\NC(=O)Cn2nnnc2N)ccc1OC(=O)c1cc(F)c(F)cc1Cl. The first-order chi connectivity index (χ1) is 15.3. The second kappa shape index (κ2) is 9.78. The summed E-state index contributed by atoms with van der Waals surface area (Å²) in [6, 6.07) is 5.67. The number of nitrogens with two attached hydrogens (primary N) is 1. The number of methoxy groups -OCH3 is 1. The summed E-state index contributed by atoms with van der Waals surface area (Å²) < 4.78 is 38.1. The van der Waals surface area contributed by atoms with Gasteiger partial charge in [-0.1, -0.05) is 16.7 Å². The van der Waals surface area contributed by atoms with Crippen LogP contribution in [0, 0.1) is 11.6 Å². The summed E-state index contributed by atoms with van der Waals surface area (Å²) in [5.41, 5.74) is 7.86. The third kappa shape index (κ3) is 5.31. The number of hydrogen-bond acceptors (Lipinski definition) is 9. The van der Waals surface area contributed by atoms with E-state index in [2.05, 4.69) is 26.1 Å². The van der Waals surface area contributed by atoms with Gasteiger partial charge in [-0.3, -0.25) is 4.79 Å². The van der Waals surface area contributed by atoms with Crippen molar-refractivity contribution in [3.05, 3.63) is 58.1 Å². The van der Waals surface area contributed by atoms with Gasteiger partial charge >= 0.3 is 5.97 Å². The molecule has 2 aromatic carbocycles. The highest BCUT2D eigenvalue weighted by Crippen LogP contribution is 2.29. The van der Waals surface area contributed by atoms with Crippen LogP contribution in [0.15, 0.2) is 35.4 Å². The summed E-state index contributed by atoms with van der Waals surface area (Å²) in [5, 5.41) is 13.8. The number of anilines is 1. The maximum absolute atomic E-state index is 13.4. The summed E-state index contributed by atoms with van der Waals surface area (Å²) in [5.74, 6) is -3.87. The first kappa shape index (κ1) is 22.6. The average Bonchev–Trinajstić information content (AvgIpc) is 3.15. The molecule has 1 heterocycles. The average molecular weight is 466 g/mol. The molecule has 3 aromatic rings. The first-order valence-electron chi connectivity index (χ1n) is 8.66. The number of aromatic nitrogens is 4. The molecule has 0 radical (unpaired) electrons. The highest BCUT2D eigenvalue weighted by molar-refractivity contribution is 6.33. The monoisotopic (exact) mass is 465 g/mol. The van der Waals surface area contributed by atoms with E-state index in [1.807, 2.05) is 0 Å². The van der Waals surface area contributed by atoms with E-state index in [0.29, 0.717) is 17.7 Å². The van der Waals surface area contributed by atoms with Crippen LogP contribution in [-0.4, -0.2) is 45.4 Å². The minimum absolute atomic E-state index is 0.00589. The molecule has 0 aliphatic rings. The van der Waals surface area contributed by atoms with E-state index in [1.165, 1.54) is 31.5 Å². The fraction of sp³-hybridized carbons (Fsp3) is 0.111. The molecule has 0 fully saturated rings. The van der Waals surface area contributed by atoms with Gasteiger partial charge in [-0.05, 0) is 46.3 Å². The van der Waals surface area contributed by atoms with Crippen molar-refractivity contribution in [2.24, 2.45) is 5.10 Å². The molecule has 0 spiro atoms. The van der Waals surface area contributed by atoms with Crippen molar-refractivity contribution in [1.29, 1.82) is 0 Å². The van der Waals surface area contributed by atoms with Crippen LogP contribution in [0.5, 0.6) is 11.5 Å². The van der Waals surface area contributed by atoms with Crippen LogP contribution in [0.3, 0.4) is 0 Å². The Morgan fingerprint density at radius 2 is 2.00 bits per heavy atom. The Bertz CT molecular complexity index is 1200. The van der Waals surface area contributed by atoms with Crippen LogP contribution < -0.4 is 20.6 Å². The molecule has 0 saturated heterocycles. The molecule has 0 aliphatic heterocycles. The number of carbonyl (C=O) groups excluding carboxylic acids is 2. The van der Waals surface area contributed by atoms with Gasteiger partial charge in [0.2, 0.25) is 5.95 Å². The van der Waals surface area contributed by atoms with Gasteiger partial charge in [-0.15, -0.1) is 0 Å². The standard InChI is InChI=1S/C18H14ClF2N7O4/c1-31-15-4-9(7-23-24-16(29)8-28-18(22)25-26-27-28)2-3-14(15)32-17(30)10-5-12(20)13(21)6-11(10)19/h2-7H,8H2,1H3,(H,24,29)(H2,22,25,27)/b23-7-. The first-order valence-corrected chi connectivity index (χ1v) is 9.04. The second-order valence-electron chi connectivity index (χ2n) is 6.03. The minimum Gasteiger partial charge on any atom is -0.493 e. The van der Waals surface area contributed by atoms with Crippen molar-refractivity contribution in [3.63, 3.8) is 0 Å². The van der Waals surface area contributed by atoms with E-state index < -0.39 is 23.5 Å². The molecule has 1 amide bonds. The number of carbonyl (C=O) groups is 2. The Morgan fingerprint density at radius 3 is 2.69 bits per heavy atom. The third-order valence-corrected chi connectivity index (χ3v) is 4.19. The molecule has 14 heteroatoms. The summed E-state index contributed by atoms with van der Waals surface area (Å²) in [6.07, 6.45) is 1.31. The lowest BCUT2D eigenvalue weighted by Crippen LogP contribution is -2.24. The lowest BCUT2D eigenvalue weighted by atomic mass is 10.2. The smallest absolute Gasteiger partial charge is 0.345 e. The van der Waals surface area contributed by atoms with E-state index in [9.17, 15) is 18.4 Å². The zero-order chi connectivity index (χ0) is 23.3. The molecule has 3 N–H and O–H groups in total. The number of ether oxygens (including phenoxy) is 2. The Hall–Kier alpha value is -4.13. The van der Waals surface area contributed by atoms with Crippen LogP contribution in [0.4, 0.5) is 14.7 Å². The number of nitrogens with one attached hydrogen (secondary N) is 1. The number of nitrogen functional groups attached to an aromatic ring is 1. The minimum atomic E-state index is -1.25. The second-order valence-corrected chi connectivity index (χ2v) is 6.44. The van der Waals surface area contributed by atoms with Gasteiger partial charge in [0.1, 0.15) is 6.54 Å². The molecular formula is C18H14ClF2N7O4. The number of esters is 1. The van der Waals surface area contributed by atoms with E-state index in [1.54, 1.807) is 0 Å². The maximum Gasteiger partial charge on any atom is 0.345 e. The third-order valence-electron chi connectivity index (χ3n) is 3.88. The van der Waals surface area contributed by atoms with Gasteiger partial charge in [-0.25, -0.2) is 23.7 Å². The maximum atomic E-state index is 13.4. The van der Waals surface area contributed by atoms with Crippen molar-refractivity contribution in [2.75, 3.05) is 12.8 Å². The number of hydrazone groups is 1. The lowest BCUT2D eigenvalue weighted by Gasteiger charge is -2.11. The van der Waals surface area contributed by atoms with E-state index in [4.69, 9.17) is 26.8 Å². The molecule has 0 bridgehead atoms. The molecule has 0 aliphatic carbocycles. The van der Waals surface area contributed by atoms with Crippen LogP contribution in [-0.2, 0) is 11.3 Å². The van der Waals surface area contributed by atoms with Gasteiger partial charge in [0.05, 0.1) is 23.9 Å². The Balaban J connectivity index is 1.67. The summed E-state index contributed by atoms with van der Waals surface area (Å²) in [6.45, 7) is -0.235. The van der Waals surface area contributed by atoms with Gasteiger partial charge in [0.15, 0.2) is 23.1 Å². The summed E-state index contributed by atoms with van der Waals surface area (Å²) in [7, 11) is 1.33. The quantitative estimate of drug-likeness (QED) is 0.176. The van der Waals surface area contributed by atoms with Crippen molar-refractivity contribution in [3.8, 4) is 11.5 Å². The van der Waals surface area contributed by atoms with Crippen molar-refractivity contribution < 1.29 is 27.8 Å². The molecule has 0 saturated carbocycles. The Kier molecular flexibility index (Phi) is 6.90. The highest BCUT2D eigenvalue weighted by Gasteiger charge is 2.19. The predicted octanol–water partition coefficient (Wildman–Crippen LogP) is 1.56.